The second-order valence-corrected chi connectivity index (χ2v) is 4.22. The fourth-order valence-electron chi connectivity index (χ4n) is 0.953. The van der Waals surface area contributed by atoms with Gasteiger partial charge >= 0.3 is 0 Å². The van der Waals surface area contributed by atoms with E-state index in [4.69, 9.17) is 16.3 Å². The Labute approximate surface area is 97.0 Å². The van der Waals surface area contributed by atoms with Gasteiger partial charge in [-0.2, -0.15) is 0 Å². The van der Waals surface area contributed by atoms with Crippen molar-refractivity contribution in [2.75, 3.05) is 12.5 Å². The van der Waals surface area contributed by atoms with Crippen LogP contribution in [0.15, 0.2) is 22.7 Å². The topological polar surface area (TPSA) is 29.5 Å². The first kappa shape index (κ1) is 11.8. The van der Waals surface area contributed by atoms with E-state index >= 15 is 0 Å². The van der Waals surface area contributed by atoms with Gasteiger partial charge in [-0.3, -0.25) is 0 Å². The number of aryl methyl sites for hydroxylation is 1. The number of hydrogen-bond acceptors (Lipinski definition) is 2. The van der Waals surface area contributed by atoms with Gasteiger partial charge in [0.05, 0.1) is 10.4 Å². The predicted molar refractivity (Wildman–Crippen MR) is 61.1 cm³/mol. The van der Waals surface area contributed by atoms with Gasteiger partial charge < -0.3 is 9.84 Å². The summed E-state index contributed by atoms with van der Waals surface area (Å²) in [5, 5.41) is 9.19. The van der Waals surface area contributed by atoms with Crippen LogP contribution in [0.1, 0.15) is 5.56 Å². The third kappa shape index (κ3) is 3.48. The van der Waals surface area contributed by atoms with E-state index in [2.05, 4.69) is 15.9 Å². The molecule has 0 saturated heterocycles. The molecule has 1 aromatic carbocycles. The number of halogens is 2. The van der Waals surface area contributed by atoms with Crippen LogP contribution in [0.4, 0.5) is 0 Å². The summed E-state index contributed by atoms with van der Waals surface area (Å²) in [4.78, 5) is 0. The van der Waals surface area contributed by atoms with E-state index in [1.165, 1.54) is 0 Å². The fourth-order valence-corrected chi connectivity index (χ4v) is 1.65. The first-order valence-electron chi connectivity index (χ1n) is 4.26. The standard InChI is InChI=1S/C10H12BrClO2/c1-7-2-3-10(9(11)4-7)14-6-8(13)5-12/h2-4,8,13H,5-6H2,1H3. The first-order chi connectivity index (χ1) is 6.63. The summed E-state index contributed by atoms with van der Waals surface area (Å²) in [7, 11) is 0. The molecule has 0 heterocycles. The summed E-state index contributed by atoms with van der Waals surface area (Å²) in [5.41, 5.74) is 1.15. The molecule has 0 spiro atoms. The van der Waals surface area contributed by atoms with Crippen molar-refractivity contribution in [3.63, 3.8) is 0 Å². The van der Waals surface area contributed by atoms with Crippen LogP contribution in [0.3, 0.4) is 0 Å². The summed E-state index contributed by atoms with van der Waals surface area (Å²) in [6.07, 6.45) is -0.620. The predicted octanol–water partition coefficient (Wildman–Crippen LogP) is 2.74. The SMILES string of the molecule is Cc1ccc(OCC(O)CCl)c(Br)c1. The van der Waals surface area contributed by atoms with Crippen LogP contribution in [0, 0.1) is 6.92 Å². The highest BCUT2D eigenvalue weighted by Gasteiger charge is 2.05. The lowest BCUT2D eigenvalue weighted by Crippen LogP contribution is -2.18. The molecule has 0 saturated carbocycles. The third-order valence-corrected chi connectivity index (χ3v) is 2.67. The Balaban J connectivity index is 2.59. The number of benzene rings is 1. The van der Waals surface area contributed by atoms with Crippen LogP contribution >= 0.6 is 27.5 Å². The second-order valence-electron chi connectivity index (χ2n) is 3.05. The molecule has 0 aliphatic heterocycles. The monoisotopic (exact) mass is 278 g/mol. The molecule has 0 aromatic heterocycles. The summed E-state index contributed by atoms with van der Waals surface area (Å²) in [6, 6.07) is 5.77. The molecule has 2 nitrogen and oxygen atoms in total. The van der Waals surface area contributed by atoms with Crippen molar-refractivity contribution in [2.24, 2.45) is 0 Å². The minimum atomic E-state index is -0.620. The summed E-state index contributed by atoms with van der Waals surface area (Å²) >= 11 is 8.82. The number of aliphatic hydroxyl groups excluding tert-OH is 1. The zero-order valence-corrected chi connectivity index (χ0v) is 10.2. The molecule has 1 rings (SSSR count). The lowest BCUT2D eigenvalue weighted by molar-refractivity contribution is 0.125. The highest BCUT2D eigenvalue weighted by Crippen LogP contribution is 2.25. The van der Waals surface area contributed by atoms with Crippen LogP contribution in [-0.2, 0) is 0 Å². The van der Waals surface area contributed by atoms with Crippen molar-refractivity contribution in [1.82, 2.24) is 0 Å². The molecule has 1 N–H and O–H groups in total. The van der Waals surface area contributed by atoms with Crippen molar-refractivity contribution in [2.45, 2.75) is 13.0 Å². The maximum Gasteiger partial charge on any atom is 0.133 e. The van der Waals surface area contributed by atoms with Crippen LogP contribution in [0.2, 0.25) is 0 Å². The molecule has 0 aliphatic carbocycles. The lowest BCUT2D eigenvalue weighted by Gasteiger charge is -2.11. The molecule has 0 bridgehead atoms. The Kier molecular flexibility index (Phi) is 4.72. The van der Waals surface area contributed by atoms with E-state index in [9.17, 15) is 5.11 Å². The van der Waals surface area contributed by atoms with Crippen LogP contribution in [0.25, 0.3) is 0 Å². The quantitative estimate of drug-likeness (QED) is 0.859. The molecule has 0 radical (unpaired) electrons. The molecule has 78 valence electrons. The van der Waals surface area contributed by atoms with Gasteiger partial charge in [-0.1, -0.05) is 6.07 Å². The van der Waals surface area contributed by atoms with E-state index in [-0.39, 0.29) is 12.5 Å². The molecular weight excluding hydrogens is 267 g/mol. The van der Waals surface area contributed by atoms with Crippen molar-refractivity contribution >= 4 is 27.5 Å². The smallest absolute Gasteiger partial charge is 0.133 e. The highest BCUT2D eigenvalue weighted by atomic mass is 79.9. The normalized spacial score (nSPS) is 12.6. The van der Waals surface area contributed by atoms with Gasteiger partial charge in [-0.05, 0) is 40.5 Å². The molecule has 0 amide bonds. The Morgan fingerprint density at radius 2 is 2.29 bits per heavy atom. The van der Waals surface area contributed by atoms with Crippen molar-refractivity contribution in [3.8, 4) is 5.75 Å². The van der Waals surface area contributed by atoms with Gasteiger partial charge in [0.15, 0.2) is 0 Å². The van der Waals surface area contributed by atoms with Gasteiger partial charge in [-0.25, -0.2) is 0 Å². The molecule has 0 aliphatic rings. The molecule has 0 fully saturated rings. The van der Waals surface area contributed by atoms with E-state index in [1.54, 1.807) is 0 Å². The van der Waals surface area contributed by atoms with E-state index < -0.39 is 6.10 Å². The summed E-state index contributed by atoms with van der Waals surface area (Å²) in [5.74, 6) is 0.906. The van der Waals surface area contributed by atoms with Gasteiger partial charge in [0.1, 0.15) is 18.5 Å². The Morgan fingerprint density at radius 3 is 2.86 bits per heavy atom. The summed E-state index contributed by atoms with van der Waals surface area (Å²) < 4.78 is 6.25. The number of rotatable bonds is 4. The Morgan fingerprint density at radius 1 is 1.57 bits per heavy atom. The molecule has 1 unspecified atom stereocenters. The lowest BCUT2D eigenvalue weighted by atomic mass is 10.2. The van der Waals surface area contributed by atoms with Crippen molar-refractivity contribution in [3.05, 3.63) is 28.2 Å². The zero-order chi connectivity index (χ0) is 10.6. The number of hydrogen-bond donors (Lipinski definition) is 1. The van der Waals surface area contributed by atoms with E-state index in [1.807, 2.05) is 25.1 Å². The molecule has 1 atom stereocenters. The first-order valence-corrected chi connectivity index (χ1v) is 5.59. The molecule has 4 heteroatoms. The number of alkyl halides is 1. The largest absolute Gasteiger partial charge is 0.490 e. The molecule has 14 heavy (non-hydrogen) atoms. The number of ether oxygens (including phenoxy) is 1. The fraction of sp³-hybridized carbons (Fsp3) is 0.400. The second kappa shape index (κ2) is 5.59. The third-order valence-electron chi connectivity index (χ3n) is 1.70. The van der Waals surface area contributed by atoms with Crippen LogP contribution < -0.4 is 4.74 Å². The highest BCUT2D eigenvalue weighted by molar-refractivity contribution is 9.10. The van der Waals surface area contributed by atoms with Gasteiger partial charge in [0.25, 0.3) is 0 Å². The molecule has 1 aromatic rings. The van der Waals surface area contributed by atoms with E-state index in [0.29, 0.717) is 0 Å². The average Bonchev–Trinajstić information content (AvgIpc) is 2.16. The Hall–Kier alpha value is -0.250. The average molecular weight is 280 g/mol. The van der Waals surface area contributed by atoms with Crippen LogP contribution in [0.5, 0.6) is 5.75 Å². The maximum atomic E-state index is 9.19. The van der Waals surface area contributed by atoms with Gasteiger partial charge in [0.2, 0.25) is 0 Å². The van der Waals surface area contributed by atoms with Crippen molar-refractivity contribution < 1.29 is 9.84 Å². The maximum absolute atomic E-state index is 9.19. The zero-order valence-electron chi connectivity index (χ0n) is 7.84. The van der Waals surface area contributed by atoms with Gasteiger partial charge in [0, 0.05) is 0 Å². The minimum absolute atomic E-state index is 0.184. The molecular formula is C10H12BrClO2. The van der Waals surface area contributed by atoms with E-state index in [0.717, 1.165) is 15.8 Å². The van der Waals surface area contributed by atoms with Crippen LogP contribution in [-0.4, -0.2) is 23.7 Å². The number of aliphatic hydroxyl groups is 1. The van der Waals surface area contributed by atoms with Gasteiger partial charge in [-0.15, -0.1) is 11.6 Å². The summed E-state index contributed by atoms with van der Waals surface area (Å²) in [6.45, 7) is 2.22. The van der Waals surface area contributed by atoms with Crippen molar-refractivity contribution in [1.29, 1.82) is 0 Å². The minimum Gasteiger partial charge on any atom is -0.490 e. The Bertz CT molecular complexity index is 304.